The second kappa shape index (κ2) is 13.6. The summed E-state index contributed by atoms with van der Waals surface area (Å²) in [6.07, 6.45) is 1.81. The molecular weight excluding hydrogens is 523 g/mol. The minimum Gasteiger partial charge on any atom is -0.497 e. The van der Waals surface area contributed by atoms with Gasteiger partial charge in [-0.1, -0.05) is 0 Å². The zero-order chi connectivity index (χ0) is 22.9. The molecule has 0 aromatic heterocycles. The molecule has 8 nitrogen and oxygen atoms in total. The maximum Gasteiger partial charge on any atom is 0.410 e. The van der Waals surface area contributed by atoms with Crippen molar-refractivity contribution in [1.82, 2.24) is 15.5 Å². The van der Waals surface area contributed by atoms with Gasteiger partial charge < -0.3 is 29.7 Å². The molecule has 1 atom stereocenters. The number of rotatable bonds is 7. The Bertz CT molecular complexity index is 752. The molecule has 1 amide bonds. The van der Waals surface area contributed by atoms with Crippen molar-refractivity contribution in [2.24, 2.45) is 10.9 Å². The highest BCUT2D eigenvalue weighted by atomic mass is 127. The van der Waals surface area contributed by atoms with Crippen molar-refractivity contribution < 1.29 is 19.0 Å². The predicted octanol–water partition coefficient (Wildman–Crippen LogP) is 4.02. The van der Waals surface area contributed by atoms with E-state index in [0.29, 0.717) is 19.0 Å². The van der Waals surface area contributed by atoms with E-state index in [1.54, 1.807) is 14.2 Å². The number of likely N-dealkylation sites (tertiary alicyclic amines) is 1. The average Bonchev–Trinajstić information content (AvgIpc) is 2.74. The molecule has 1 heterocycles. The lowest BCUT2D eigenvalue weighted by Crippen LogP contribution is -2.47. The third-order valence-electron chi connectivity index (χ3n) is 4.97. The SMILES string of the molecule is CCNC(=NCc1ccc(OC)cc1OC)NCC1CCCN(C(=O)OC(C)(C)C)C1.I. The molecule has 32 heavy (non-hydrogen) atoms. The lowest BCUT2D eigenvalue weighted by atomic mass is 9.98. The Balaban J connectivity index is 0.00000512. The Morgan fingerprint density at radius 3 is 2.59 bits per heavy atom. The Morgan fingerprint density at radius 2 is 1.97 bits per heavy atom. The summed E-state index contributed by atoms with van der Waals surface area (Å²) in [6.45, 7) is 11.1. The Kier molecular flexibility index (Phi) is 11.9. The van der Waals surface area contributed by atoms with Gasteiger partial charge in [0, 0.05) is 37.8 Å². The molecule has 1 aliphatic heterocycles. The number of nitrogens with one attached hydrogen (secondary N) is 2. The van der Waals surface area contributed by atoms with Crippen LogP contribution in [0, 0.1) is 5.92 Å². The van der Waals surface area contributed by atoms with Gasteiger partial charge in [-0.05, 0) is 58.6 Å². The van der Waals surface area contributed by atoms with Gasteiger partial charge in [0.05, 0.1) is 20.8 Å². The largest absolute Gasteiger partial charge is 0.497 e. The highest BCUT2D eigenvalue weighted by molar-refractivity contribution is 14.0. The van der Waals surface area contributed by atoms with Crippen LogP contribution in [0.5, 0.6) is 11.5 Å². The molecule has 0 aliphatic carbocycles. The minimum absolute atomic E-state index is 0. The second-order valence-electron chi connectivity index (χ2n) is 8.69. The van der Waals surface area contributed by atoms with E-state index in [-0.39, 0.29) is 30.1 Å². The van der Waals surface area contributed by atoms with Crippen LogP contribution in [0.25, 0.3) is 0 Å². The van der Waals surface area contributed by atoms with Crippen molar-refractivity contribution in [2.75, 3.05) is 40.4 Å². The summed E-state index contributed by atoms with van der Waals surface area (Å²) in [5, 5.41) is 6.71. The normalized spacial score (nSPS) is 16.6. The fourth-order valence-corrected chi connectivity index (χ4v) is 3.45. The maximum absolute atomic E-state index is 12.4. The molecule has 0 saturated carbocycles. The number of methoxy groups -OCH3 is 2. The number of carbonyl (C=O) groups excluding carboxylic acids is 1. The highest BCUT2D eigenvalue weighted by Crippen LogP contribution is 2.25. The number of hydrogen-bond acceptors (Lipinski definition) is 5. The fourth-order valence-electron chi connectivity index (χ4n) is 3.45. The number of hydrogen-bond donors (Lipinski definition) is 2. The van der Waals surface area contributed by atoms with E-state index in [4.69, 9.17) is 19.2 Å². The number of halogens is 1. The molecule has 2 rings (SSSR count). The Labute approximate surface area is 209 Å². The summed E-state index contributed by atoms with van der Waals surface area (Å²) in [5.74, 6) is 2.59. The first kappa shape index (κ1) is 28.1. The molecule has 1 fully saturated rings. The summed E-state index contributed by atoms with van der Waals surface area (Å²) in [5.41, 5.74) is 0.504. The van der Waals surface area contributed by atoms with E-state index < -0.39 is 5.60 Å². The smallest absolute Gasteiger partial charge is 0.410 e. The van der Waals surface area contributed by atoms with Crippen LogP contribution in [0.4, 0.5) is 4.79 Å². The highest BCUT2D eigenvalue weighted by Gasteiger charge is 2.27. The summed E-state index contributed by atoms with van der Waals surface area (Å²) in [4.78, 5) is 18.9. The Hall–Kier alpha value is -1.91. The van der Waals surface area contributed by atoms with Crippen LogP contribution < -0.4 is 20.1 Å². The summed E-state index contributed by atoms with van der Waals surface area (Å²) >= 11 is 0. The number of nitrogens with zero attached hydrogens (tertiary/aromatic N) is 2. The summed E-state index contributed by atoms with van der Waals surface area (Å²) in [7, 11) is 3.28. The van der Waals surface area contributed by atoms with Crippen LogP contribution in [0.3, 0.4) is 0 Å². The molecular formula is C23H39IN4O4. The third kappa shape index (κ3) is 9.30. The van der Waals surface area contributed by atoms with Crippen molar-refractivity contribution in [2.45, 2.75) is 52.7 Å². The molecule has 1 aromatic carbocycles. The number of amides is 1. The maximum atomic E-state index is 12.4. The van der Waals surface area contributed by atoms with Gasteiger partial charge in [-0.2, -0.15) is 0 Å². The van der Waals surface area contributed by atoms with Crippen LogP contribution in [0.2, 0.25) is 0 Å². The molecule has 2 N–H and O–H groups in total. The summed E-state index contributed by atoms with van der Waals surface area (Å²) in [6, 6.07) is 5.73. The van der Waals surface area contributed by atoms with E-state index in [1.165, 1.54) is 0 Å². The van der Waals surface area contributed by atoms with Gasteiger partial charge in [0.15, 0.2) is 5.96 Å². The molecule has 1 unspecified atom stereocenters. The van der Waals surface area contributed by atoms with Crippen LogP contribution in [0.1, 0.15) is 46.1 Å². The molecule has 0 spiro atoms. The molecule has 1 aliphatic rings. The van der Waals surface area contributed by atoms with Crippen molar-refractivity contribution in [3.05, 3.63) is 23.8 Å². The number of aliphatic imine (C=N–C) groups is 1. The molecule has 0 radical (unpaired) electrons. The number of guanidine groups is 1. The zero-order valence-corrected chi connectivity index (χ0v) is 22.5. The first-order valence-corrected chi connectivity index (χ1v) is 11.0. The summed E-state index contributed by atoms with van der Waals surface area (Å²) < 4.78 is 16.2. The van der Waals surface area contributed by atoms with E-state index in [0.717, 1.165) is 55.5 Å². The topological polar surface area (TPSA) is 84.4 Å². The molecule has 182 valence electrons. The lowest BCUT2D eigenvalue weighted by molar-refractivity contribution is 0.0168. The van der Waals surface area contributed by atoms with Crippen molar-refractivity contribution in [1.29, 1.82) is 0 Å². The van der Waals surface area contributed by atoms with E-state index in [1.807, 2.05) is 50.8 Å². The second-order valence-corrected chi connectivity index (χ2v) is 8.69. The van der Waals surface area contributed by atoms with Gasteiger partial charge >= 0.3 is 6.09 Å². The zero-order valence-electron chi connectivity index (χ0n) is 20.2. The number of piperidine rings is 1. The van der Waals surface area contributed by atoms with Gasteiger partial charge in [0.25, 0.3) is 0 Å². The van der Waals surface area contributed by atoms with Crippen LogP contribution >= 0.6 is 24.0 Å². The van der Waals surface area contributed by atoms with Gasteiger partial charge in [0.1, 0.15) is 17.1 Å². The van der Waals surface area contributed by atoms with Crippen molar-refractivity contribution >= 4 is 36.0 Å². The van der Waals surface area contributed by atoms with Crippen LogP contribution in [-0.2, 0) is 11.3 Å². The molecule has 1 aromatic rings. The number of carbonyl (C=O) groups is 1. The fraction of sp³-hybridized carbons (Fsp3) is 0.652. The lowest BCUT2D eigenvalue weighted by Gasteiger charge is -2.34. The number of ether oxygens (including phenoxy) is 3. The molecule has 0 bridgehead atoms. The van der Waals surface area contributed by atoms with Crippen LogP contribution in [0.15, 0.2) is 23.2 Å². The Morgan fingerprint density at radius 1 is 1.22 bits per heavy atom. The van der Waals surface area contributed by atoms with E-state index in [9.17, 15) is 4.79 Å². The molecule has 9 heteroatoms. The first-order chi connectivity index (χ1) is 14.8. The standard InChI is InChI=1S/C23H38N4O4.HI/c1-7-24-21(26-15-18-10-11-19(29-5)13-20(18)30-6)25-14-17-9-8-12-27(16-17)22(28)31-23(2,3)4;/h10-11,13,17H,7-9,12,14-16H2,1-6H3,(H2,24,25,26);1H. The van der Waals surface area contributed by atoms with Gasteiger partial charge in [0.2, 0.25) is 0 Å². The monoisotopic (exact) mass is 562 g/mol. The minimum atomic E-state index is -0.477. The van der Waals surface area contributed by atoms with Crippen molar-refractivity contribution in [3.63, 3.8) is 0 Å². The van der Waals surface area contributed by atoms with E-state index >= 15 is 0 Å². The third-order valence-corrected chi connectivity index (χ3v) is 4.97. The first-order valence-electron chi connectivity index (χ1n) is 11.0. The van der Waals surface area contributed by atoms with Gasteiger partial charge in [-0.25, -0.2) is 9.79 Å². The molecule has 1 saturated heterocycles. The average molecular weight is 562 g/mol. The predicted molar refractivity (Wildman–Crippen MR) is 138 cm³/mol. The van der Waals surface area contributed by atoms with Crippen molar-refractivity contribution in [3.8, 4) is 11.5 Å². The quantitative estimate of drug-likeness (QED) is 0.297. The van der Waals surface area contributed by atoms with Crippen LogP contribution in [-0.4, -0.2) is 63.0 Å². The van der Waals surface area contributed by atoms with E-state index in [2.05, 4.69) is 10.6 Å². The number of benzene rings is 1. The van der Waals surface area contributed by atoms with Gasteiger partial charge in [-0.3, -0.25) is 0 Å². The van der Waals surface area contributed by atoms with Gasteiger partial charge in [-0.15, -0.1) is 24.0 Å².